The van der Waals surface area contributed by atoms with E-state index >= 15 is 0 Å². The molecule has 37 heavy (non-hydrogen) atoms. The van der Waals surface area contributed by atoms with Crippen LogP contribution in [0.15, 0.2) is 41.3 Å². The fourth-order valence-electron chi connectivity index (χ4n) is 4.67. The lowest BCUT2D eigenvalue weighted by molar-refractivity contribution is -0.123. The van der Waals surface area contributed by atoms with E-state index in [0.29, 0.717) is 38.2 Å². The van der Waals surface area contributed by atoms with Gasteiger partial charge in [-0.25, -0.2) is 13.4 Å². The Kier molecular flexibility index (Phi) is 8.52. The lowest BCUT2D eigenvalue weighted by atomic mass is 9.96. The molecule has 1 aliphatic heterocycles. The van der Waals surface area contributed by atoms with Crippen LogP contribution in [0.3, 0.4) is 0 Å². The van der Waals surface area contributed by atoms with Crippen LogP contribution in [-0.4, -0.2) is 75.9 Å². The topological polar surface area (TPSA) is 83.0 Å². The first-order chi connectivity index (χ1) is 17.6. The number of piperidine rings is 1. The summed E-state index contributed by atoms with van der Waals surface area (Å²) >= 11 is 1.57. The SMILES string of the molecule is COc1ccc(S(=O)(=O)N2CCC(C(=O)N(CCCN(C)C)c3nc4c(C)ccc(C)c4s3)CC2)cc1. The Morgan fingerprint density at radius 2 is 1.70 bits per heavy atom. The van der Waals surface area contributed by atoms with Crippen LogP contribution in [0.2, 0.25) is 0 Å². The molecule has 0 aliphatic carbocycles. The van der Waals surface area contributed by atoms with E-state index in [1.165, 1.54) is 4.31 Å². The van der Waals surface area contributed by atoms with E-state index < -0.39 is 10.0 Å². The molecule has 0 radical (unpaired) electrons. The largest absolute Gasteiger partial charge is 0.497 e. The molecule has 2 heterocycles. The van der Waals surface area contributed by atoms with Gasteiger partial charge in [0.05, 0.1) is 22.2 Å². The number of thiazole rings is 1. The molecule has 1 saturated heterocycles. The number of hydrogen-bond acceptors (Lipinski definition) is 7. The predicted octanol–water partition coefficient (Wildman–Crippen LogP) is 4.31. The molecule has 1 aliphatic rings. The highest BCUT2D eigenvalue weighted by atomic mass is 32.2. The summed E-state index contributed by atoms with van der Waals surface area (Å²) in [6, 6.07) is 10.6. The van der Waals surface area contributed by atoms with Crippen LogP contribution in [0.25, 0.3) is 10.2 Å². The number of amides is 1. The molecule has 0 unspecified atom stereocenters. The van der Waals surface area contributed by atoms with Crippen LogP contribution in [0.4, 0.5) is 5.13 Å². The van der Waals surface area contributed by atoms with Crippen LogP contribution >= 0.6 is 11.3 Å². The number of methoxy groups -OCH3 is 1. The molecule has 1 fully saturated rings. The molecular formula is C27H36N4O4S2. The molecule has 200 valence electrons. The number of ether oxygens (including phenoxy) is 1. The van der Waals surface area contributed by atoms with Gasteiger partial charge < -0.3 is 9.64 Å². The van der Waals surface area contributed by atoms with Crippen molar-refractivity contribution in [2.75, 3.05) is 52.3 Å². The number of carbonyl (C=O) groups excluding carboxylic acids is 1. The molecule has 0 atom stereocenters. The van der Waals surface area contributed by atoms with Gasteiger partial charge in [-0.3, -0.25) is 9.69 Å². The Hall–Kier alpha value is -2.53. The standard InChI is InChI=1S/C27H36N4O4S2/c1-19-7-8-20(2)25-24(19)28-27(36-25)31(16-6-15-29(3)4)26(32)21-13-17-30(18-14-21)37(33,34)23-11-9-22(35-5)10-12-23/h7-12,21H,6,13-18H2,1-5H3. The van der Waals surface area contributed by atoms with Gasteiger partial charge in [0.1, 0.15) is 5.75 Å². The van der Waals surface area contributed by atoms with Crippen molar-refractivity contribution in [1.82, 2.24) is 14.2 Å². The van der Waals surface area contributed by atoms with Gasteiger partial charge in [-0.05, 0) is 89.1 Å². The number of rotatable bonds is 9. The molecule has 0 N–H and O–H groups in total. The van der Waals surface area contributed by atoms with Gasteiger partial charge in [-0.1, -0.05) is 23.5 Å². The van der Waals surface area contributed by atoms with E-state index in [0.717, 1.165) is 39.4 Å². The molecular weight excluding hydrogens is 508 g/mol. The van der Waals surface area contributed by atoms with E-state index in [9.17, 15) is 13.2 Å². The van der Waals surface area contributed by atoms with Crippen molar-refractivity contribution < 1.29 is 17.9 Å². The Morgan fingerprint density at radius 3 is 2.30 bits per heavy atom. The summed E-state index contributed by atoms with van der Waals surface area (Å²) < 4.78 is 34.1. The molecule has 0 saturated carbocycles. The summed E-state index contributed by atoms with van der Waals surface area (Å²) in [7, 11) is 1.97. The highest BCUT2D eigenvalue weighted by Gasteiger charge is 2.35. The zero-order chi connectivity index (χ0) is 26.7. The van der Waals surface area contributed by atoms with Crippen molar-refractivity contribution in [3.63, 3.8) is 0 Å². The summed E-state index contributed by atoms with van der Waals surface area (Å²) in [6.07, 6.45) is 1.81. The maximum atomic E-state index is 13.8. The van der Waals surface area contributed by atoms with Gasteiger partial charge in [0.15, 0.2) is 5.13 Å². The molecule has 2 aromatic carbocycles. The number of nitrogens with zero attached hydrogens (tertiary/aromatic N) is 4. The number of sulfonamides is 1. The first-order valence-corrected chi connectivity index (χ1v) is 14.8. The summed E-state index contributed by atoms with van der Waals surface area (Å²) in [4.78, 5) is 22.9. The number of carbonyl (C=O) groups is 1. The second-order valence-electron chi connectivity index (χ2n) is 9.87. The lowest BCUT2D eigenvalue weighted by Gasteiger charge is -2.33. The third-order valence-electron chi connectivity index (χ3n) is 6.92. The number of aromatic nitrogens is 1. The molecule has 0 bridgehead atoms. The summed E-state index contributed by atoms with van der Waals surface area (Å²) in [5, 5.41) is 0.726. The van der Waals surface area contributed by atoms with E-state index in [4.69, 9.17) is 9.72 Å². The van der Waals surface area contributed by atoms with Gasteiger partial charge in [-0.2, -0.15) is 4.31 Å². The van der Waals surface area contributed by atoms with Crippen molar-refractivity contribution in [3.05, 3.63) is 47.5 Å². The number of anilines is 1. The first-order valence-electron chi connectivity index (χ1n) is 12.6. The van der Waals surface area contributed by atoms with Crippen molar-refractivity contribution in [2.45, 2.75) is 38.0 Å². The van der Waals surface area contributed by atoms with E-state index in [2.05, 4.69) is 24.0 Å². The highest BCUT2D eigenvalue weighted by Crippen LogP contribution is 2.35. The van der Waals surface area contributed by atoms with Crippen molar-refractivity contribution in [3.8, 4) is 5.75 Å². The second-order valence-corrected chi connectivity index (χ2v) is 12.8. The zero-order valence-corrected chi connectivity index (χ0v) is 23.9. The number of aryl methyl sites for hydroxylation is 2. The molecule has 4 rings (SSSR count). The van der Waals surface area contributed by atoms with Gasteiger partial charge in [-0.15, -0.1) is 0 Å². The quantitative estimate of drug-likeness (QED) is 0.399. The maximum absolute atomic E-state index is 13.8. The van der Waals surface area contributed by atoms with Gasteiger partial charge in [0, 0.05) is 25.6 Å². The fraction of sp³-hybridized carbons (Fsp3) is 0.481. The molecule has 10 heteroatoms. The van der Waals surface area contributed by atoms with Gasteiger partial charge in [0.25, 0.3) is 0 Å². The van der Waals surface area contributed by atoms with Crippen molar-refractivity contribution in [1.29, 1.82) is 0 Å². The number of fused-ring (bicyclic) bond motifs is 1. The molecule has 1 aromatic heterocycles. The maximum Gasteiger partial charge on any atom is 0.243 e. The Morgan fingerprint density at radius 1 is 1.05 bits per heavy atom. The van der Waals surface area contributed by atoms with E-state index in [1.54, 1.807) is 42.7 Å². The lowest BCUT2D eigenvalue weighted by Crippen LogP contribution is -2.45. The van der Waals surface area contributed by atoms with Crippen LogP contribution in [-0.2, 0) is 14.8 Å². The Bertz CT molecular complexity index is 1310. The van der Waals surface area contributed by atoms with Crippen molar-refractivity contribution >= 4 is 42.6 Å². The molecule has 1 amide bonds. The molecule has 3 aromatic rings. The monoisotopic (exact) mass is 544 g/mol. The average molecular weight is 545 g/mol. The Balaban J connectivity index is 1.51. The number of hydrogen-bond donors (Lipinski definition) is 0. The third kappa shape index (κ3) is 5.98. The van der Waals surface area contributed by atoms with Crippen LogP contribution in [0.1, 0.15) is 30.4 Å². The number of benzene rings is 2. The van der Waals surface area contributed by atoms with Crippen LogP contribution in [0.5, 0.6) is 5.75 Å². The van der Waals surface area contributed by atoms with Crippen LogP contribution < -0.4 is 9.64 Å². The minimum atomic E-state index is -3.62. The van der Waals surface area contributed by atoms with E-state index in [-0.39, 0.29) is 16.7 Å². The summed E-state index contributed by atoms with van der Waals surface area (Å²) in [6.45, 7) is 6.19. The normalized spacial score (nSPS) is 15.4. The zero-order valence-electron chi connectivity index (χ0n) is 22.2. The second kappa shape index (κ2) is 11.5. The first kappa shape index (κ1) is 27.5. The highest BCUT2D eigenvalue weighted by molar-refractivity contribution is 7.89. The Labute approximate surface area is 223 Å². The fourth-order valence-corrected chi connectivity index (χ4v) is 7.28. The average Bonchev–Trinajstić information content (AvgIpc) is 3.35. The van der Waals surface area contributed by atoms with Gasteiger partial charge >= 0.3 is 0 Å². The molecule has 0 spiro atoms. The van der Waals surface area contributed by atoms with E-state index in [1.807, 2.05) is 25.9 Å². The summed E-state index contributed by atoms with van der Waals surface area (Å²) in [5.41, 5.74) is 3.20. The minimum absolute atomic E-state index is 0.0367. The van der Waals surface area contributed by atoms with Crippen LogP contribution in [0, 0.1) is 19.8 Å². The van der Waals surface area contributed by atoms with Crippen molar-refractivity contribution in [2.24, 2.45) is 5.92 Å². The van der Waals surface area contributed by atoms with Gasteiger partial charge in [0.2, 0.25) is 15.9 Å². The summed E-state index contributed by atoms with van der Waals surface area (Å²) in [5.74, 6) is 0.406. The molecule has 8 nitrogen and oxygen atoms in total. The predicted molar refractivity (Wildman–Crippen MR) is 149 cm³/mol. The third-order valence-corrected chi connectivity index (χ3v) is 10.0. The smallest absolute Gasteiger partial charge is 0.243 e. The minimum Gasteiger partial charge on any atom is -0.497 e.